The normalized spacial score (nSPS) is 11.1. The Labute approximate surface area is 162 Å². The molecule has 0 saturated carbocycles. The minimum absolute atomic E-state index is 0.773. The van der Waals surface area contributed by atoms with Gasteiger partial charge in [0.05, 0.1) is 11.4 Å². The van der Waals surface area contributed by atoms with Crippen LogP contribution in [0.15, 0.2) is 84.9 Å². The summed E-state index contributed by atoms with van der Waals surface area (Å²) in [5, 5.41) is 6.58. The number of anilines is 4. The molecular weight excluding hydrogens is 344 g/mol. The van der Waals surface area contributed by atoms with Gasteiger partial charge in [-0.25, -0.2) is 0 Å². The maximum atomic E-state index is 6.15. The predicted molar refractivity (Wildman–Crippen MR) is 121 cm³/mol. The quantitative estimate of drug-likeness (QED) is 0.187. The molecule has 4 nitrogen and oxygen atoms in total. The van der Waals surface area contributed by atoms with Gasteiger partial charge in [0, 0.05) is 32.9 Å². The fraction of sp³-hybridized carbons (Fsp3) is 0. The standard InChI is InChI=1S/C24H20N4/c25-21-9-3-5-15-14-20-16(13-19(15)21)6-4-10-23(20)27-28-24-12-11-22(26)17-7-1-2-8-18(17)24/h1-14,27-28H,25-26H2. The van der Waals surface area contributed by atoms with Crippen molar-refractivity contribution in [3.8, 4) is 0 Å². The van der Waals surface area contributed by atoms with Gasteiger partial charge in [0.2, 0.25) is 0 Å². The van der Waals surface area contributed by atoms with E-state index in [1.54, 1.807) is 0 Å². The van der Waals surface area contributed by atoms with Gasteiger partial charge in [-0.3, -0.25) is 0 Å². The zero-order valence-electron chi connectivity index (χ0n) is 15.2. The molecule has 0 bridgehead atoms. The van der Waals surface area contributed by atoms with Crippen LogP contribution >= 0.6 is 0 Å². The second kappa shape index (κ2) is 6.35. The third kappa shape index (κ3) is 2.63. The minimum atomic E-state index is 0.773. The number of nitrogens with two attached hydrogens (primary N) is 2. The van der Waals surface area contributed by atoms with E-state index in [4.69, 9.17) is 11.5 Å². The average Bonchev–Trinajstić information content (AvgIpc) is 2.73. The summed E-state index contributed by atoms with van der Waals surface area (Å²) in [6.07, 6.45) is 0. The molecule has 0 aromatic heterocycles. The van der Waals surface area contributed by atoms with Crippen molar-refractivity contribution < 1.29 is 0 Å². The highest BCUT2D eigenvalue weighted by Crippen LogP contribution is 2.32. The first-order valence-electron chi connectivity index (χ1n) is 9.21. The van der Waals surface area contributed by atoms with Crippen LogP contribution in [0.3, 0.4) is 0 Å². The van der Waals surface area contributed by atoms with E-state index < -0.39 is 0 Å². The summed E-state index contributed by atoms with van der Waals surface area (Å²) in [7, 11) is 0. The average molecular weight is 364 g/mol. The molecule has 5 aromatic rings. The van der Waals surface area contributed by atoms with Crippen LogP contribution in [-0.2, 0) is 0 Å². The van der Waals surface area contributed by atoms with E-state index >= 15 is 0 Å². The van der Waals surface area contributed by atoms with Crippen LogP contribution in [0.2, 0.25) is 0 Å². The number of rotatable bonds is 3. The van der Waals surface area contributed by atoms with Crippen molar-refractivity contribution in [1.29, 1.82) is 0 Å². The van der Waals surface area contributed by atoms with Gasteiger partial charge in [-0.1, -0.05) is 48.5 Å². The lowest BCUT2D eigenvalue weighted by atomic mass is 10.0. The van der Waals surface area contributed by atoms with Gasteiger partial charge < -0.3 is 22.3 Å². The molecule has 6 N–H and O–H groups in total. The number of benzene rings is 5. The lowest BCUT2D eigenvalue weighted by molar-refractivity contribution is 1.45. The van der Waals surface area contributed by atoms with Gasteiger partial charge >= 0.3 is 0 Å². The van der Waals surface area contributed by atoms with Crippen molar-refractivity contribution in [3.05, 3.63) is 84.9 Å². The molecule has 5 rings (SSSR count). The molecule has 5 aromatic carbocycles. The highest BCUT2D eigenvalue weighted by Gasteiger charge is 2.07. The molecule has 0 spiro atoms. The molecule has 0 fully saturated rings. The van der Waals surface area contributed by atoms with Crippen molar-refractivity contribution in [2.75, 3.05) is 22.3 Å². The first-order valence-corrected chi connectivity index (χ1v) is 9.21. The summed E-state index contributed by atoms with van der Waals surface area (Å²) in [5.74, 6) is 0. The van der Waals surface area contributed by atoms with E-state index in [1.807, 2.05) is 48.5 Å². The van der Waals surface area contributed by atoms with Crippen LogP contribution in [0.4, 0.5) is 22.7 Å². The van der Waals surface area contributed by atoms with E-state index in [9.17, 15) is 0 Å². The van der Waals surface area contributed by atoms with Crippen LogP contribution in [0, 0.1) is 0 Å². The number of hydrazine groups is 1. The Bertz CT molecular complexity index is 1340. The minimum Gasteiger partial charge on any atom is -0.398 e. The molecule has 136 valence electrons. The largest absolute Gasteiger partial charge is 0.398 e. The fourth-order valence-corrected chi connectivity index (χ4v) is 3.75. The Morgan fingerprint density at radius 2 is 1.07 bits per heavy atom. The Morgan fingerprint density at radius 3 is 1.89 bits per heavy atom. The molecule has 0 aliphatic rings. The maximum Gasteiger partial charge on any atom is 0.0619 e. The first kappa shape index (κ1) is 16.3. The number of nitrogens with one attached hydrogen (secondary N) is 2. The summed E-state index contributed by atoms with van der Waals surface area (Å²) in [5.41, 5.74) is 22.5. The summed E-state index contributed by atoms with van der Waals surface area (Å²) >= 11 is 0. The van der Waals surface area contributed by atoms with E-state index in [0.29, 0.717) is 0 Å². The second-order valence-electron chi connectivity index (χ2n) is 6.95. The third-order valence-electron chi connectivity index (χ3n) is 5.20. The zero-order valence-corrected chi connectivity index (χ0v) is 15.2. The van der Waals surface area contributed by atoms with E-state index in [-0.39, 0.29) is 0 Å². The molecule has 0 aliphatic carbocycles. The summed E-state index contributed by atoms with van der Waals surface area (Å²) in [6.45, 7) is 0. The molecule has 0 saturated heterocycles. The Balaban J connectivity index is 1.57. The lowest BCUT2D eigenvalue weighted by Crippen LogP contribution is -2.09. The Hall–Kier alpha value is -3.92. The first-order chi connectivity index (χ1) is 13.7. The van der Waals surface area contributed by atoms with Crippen LogP contribution in [0.25, 0.3) is 32.3 Å². The van der Waals surface area contributed by atoms with E-state index in [2.05, 4.69) is 47.2 Å². The highest BCUT2D eigenvalue weighted by molar-refractivity contribution is 6.07. The number of fused-ring (bicyclic) bond motifs is 3. The van der Waals surface area contributed by atoms with E-state index in [0.717, 1.165) is 55.1 Å². The molecule has 0 radical (unpaired) electrons. The monoisotopic (exact) mass is 364 g/mol. The second-order valence-corrected chi connectivity index (χ2v) is 6.95. The Kier molecular flexibility index (Phi) is 3.69. The van der Waals surface area contributed by atoms with Gasteiger partial charge in [0.25, 0.3) is 0 Å². The highest BCUT2D eigenvalue weighted by atomic mass is 15.4. The van der Waals surface area contributed by atoms with E-state index in [1.165, 1.54) is 0 Å². The number of nitrogen functional groups attached to an aromatic ring is 2. The summed E-state index contributed by atoms with van der Waals surface area (Å²) in [4.78, 5) is 0. The maximum absolute atomic E-state index is 6.15. The molecule has 0 unspecified atom stereocenters. The van der Waals surface area contributed by atoms with Gasteiger partial charge in [-0.05, 0) is 47.2 Å². The molecule has 0 atom stereocenters. The molecule has 0 aliphatic heterocycles. The molecule has 0 amide bonds. The Morgan fingerprint density at radius 1 is 0.464 bits per heavy atom. The van der Waals surface area contributed by atoms with Crippen molar-refractivity contribution >= 4 is 55.1 Å². The SMILES string of the molecule is Nc1cccc2cc3c(NNc4ccc(N)c5ccccc45)cccc3cc12. The van der Waals surface area contributed by atoms with Crippen LogP contribution in [0.5, 0.6) is 0 Å². The molecule has 28 heavy (non-hydrogen) atoms. The van der Waals surface area contributed by atoms with Gasteiger partial charge in [-0.2, -0.15) is 0 Å². The molecule has 0 heterocycles. The lowest BCUT2D eigenvalue weighted by Gasteiger charge is -2.15. The smallest absolute Gasteiger partial charge is 0.0619 e. The van der Waals surface area contributed by atoms with Crippen molar-refractivity contribution in [1.82, 2.24) is 0 Å². The third-order valence-corrected chi connectivity index (χ3v) is 5.20. The van der Waals surface area contributed by atoms with Crippen molar-refractivity contribution in [2.45, 2.75) is 0 Å². The number of hydrogen-bond acceptors (Lipinski definition) is 4. The van der Waals surface area contributed by atoms with Crippen molar-refractivity contribution in [3.63, 3.8) is 0 Å². The molecule has 4 heteroatoms. The predicted octanol–water partition coefficient (Wildman–Crippen LogP) is 5.75. The van der Waals surface area contributed by atoms with Gasteiger partial charge in [0.15, 0.2) is 0 Å². The van der Waals surface area contributed by atoms with Crippen LogP contribution in [0.1, 0.15) is 0 Å². The van der Waals surface area contributed by atoms with Gasteiger partial charge in [0.1, 0.15) is 0 Å². The molecular formula is C24H20N4. The number of hydrogen-bond donors (Lipinski definition) is 4. The summed E-state index contributed by atoms with van der Waals surface area (Å²) < 4.78 is 0. The van der Waals surface area contributed by atoms with Crippen LogP contribution < -0.4 is 22.3 Å². The van der Waals surface area contributed by atoms with Crippen LogP contribution in [-0.4, -0.2) is 0 Å². The van der Waals surface area contributed by atoms with Gasteiger partial charge in [-0.15, -0.1) is 0 Å². The fourth-order valence-electron chi connectivity index (χ4n) is 3.75. The van der Waals surface area contributed by atoms with Crippen molar-refractivity contribution in [2.24, 2.45) is 0 Å². The topological polar surface area (TPSA) is 76.1 Å². The summed E-state index contributed by atoms with van der Waals surface area (Å²) in [6, 6.07) is 28.5. The zero-order chi connectivity index (χ0) is 19.1.